The Morgan fingerprint density at radius 1 is 1.32 bits per heavy atom. The van der Waals surface area contributed by atoms with Crippen LogP contribution in [0.2, 0.25) is 0 Å². The van der Waals surface area contributed by atoms with Gasteiger partial charge in [-0.1, -0.05) is 6.07 Å². The van der Waals surface area contributed by atoms with E-state index in [4.69, 9.17) is 11.5 Å². The molecule has 0 aliphatic rings. The summed E-state index contributed by atoms with van der Waals surface area (Å²) in [6.45, 7) is 2.52. The van der Waals surface area contributed by atoms with Gasteiger partial charge in [-0.3, -0.25) is 9.78 Å². The van der Waals surface area contributed by atoms with Crippen molar-refractivity contribution in [2.45, 2.75) is 13.5 Å². The number of rotatable bonds is 4. The lowest BCUT2D eigenvalue weighted by Gasteiger charge is -2.09. The standard InChI is InChI=1S/C14H16N4O/c1-9-3-2-4-11(18-9)8-17-10-5-6-13(15)12(7-10)14(16)19/h2-7,17H,8,15H2,1H3,(H2,16,19). The van der Waals surface area contributed by atoms with Crippen LogP contribution in [0.4, 0.5) is 11.4 Å². The van der Waals surface area contributed by atoms with Crippen molar-refractivity contribution in [3.8, 4) is 0 Å². The monoisotopic (exact) mass is 256 g/mol. The van der Waals surface area contributed by atoms with E-state index in [0.29, 0.717) is 17.8 Å². The van der Waals surface area contributed by atoms with Gasteiger partial charge < -0.3 is 16.8 Å². The Kier molecular flexibility index (Phi) is 3.66. The Morgan fingerprint density at radius 3 is 2.79 bits per heavy atom. The zero-order valence-electron chi connectivity index (χ0n) is 10.7. The molecule has 98 valence electrons. The van der Waals surface area contributed by atoms with Crippen LogP contribution in [0.5, 0.6) is 0 Å². The molecule has 0 radical (unpaired) electrons. The minimum atomic E-state index is -0.533. The summed E-state index contributed by atoms with van der Waals surface area (Å²) < 4.78 is 0. The number of aromatic nitrogens is 1. The van der Waals surface area contributed by atoms with Crippen LogP contribution in [0.25, 0.3) is 0 Å². The predicted octanol–water partition coefficient (Wildman–Crippen LogP) is 1.68. The molecule has 0 spiro atoms. The number of carbonyl (C=O) groups is 1. The van der Waals surface area contributed by atoms with Gasteiger partial charge in [0.15, 0.2) is 0 Å². The van der Waals surface area contributed by atoms with Crippen LogP contribution in [0, 0.1) is 6.92 Å². The van der Waals surface area contributed by atoms with Crippen LogP contribution in [-0.2, 0) is 6.54 Å². The van der Waals surface area contributed by atoms with Crippen molar-refractivity contribution in [1.29, 1.82) is 0 Å². The van der Waals surface area contributed by atoms with E-state index in [0.717, 1.165) is 17.1 Å². The minimum Gasteiger partial charge on any atom is -0.398 e. The fourth-order valence-electron chi connectivity index (χ4n) is 1.77. The maximum Gasteiger partial charge on any atom is 0.250 e. The number of amides is 1. The first-order chi connectivity index (χ1) is 9.06. The Balaban J connectivity index is 2.12. The predicted molar refractivity (Wildman–Crippen MR) is 75.7 cm³/mol. The molecule has 0 fully saturated rings. The Labute approximate surface area is 111 Å². The number of nitrogens with two attached hydrogens (primary N) is 2. The number of anilines is 2. The molecule has 0 saturated heterocycles. The second-order valence-corrected chi connectivity index (χ2v) is 4.29. The quantitative estimate of drug-likeness (QED) is 0.725. The number of nitrogen functional groups attached to an aromatic ring is 1. The number of hydrogen-bond acceptors (Lipinski definition) is 4. The van der Waals surface area contributed by atoms with E-state index in [1.807, 2.05) is 25.1 Å². The molecule has 0 aliphatic carbocycles. The topological polar surface area (TPSA) is 94.0 Å². The lowest BCUT2D eigenvalue weighted by molar-refractivity contribution is 0.100. The highest BCUT2D eigenvalue weighted by atomic mass is 16.1. The molecule has 0 unspecified atom stereocenters. The van der Waals surface area contributed by atoms with Gasteiger partial charge in [0, 0.05) is 17.1 Å². The van der Waals surface area contributed by atoms with Crippen LogP contribution < -0.4 is 16.8 Å². The summed E-state index contributed by atoms with van der Waals surface area (Å²) in [7, 11) is 0. The van der Waals surface area contributed by atoms with Crippen molar-refractivity contribution in [1.82, 2.24) is 4.98 Å². The van der Waals surface area contributed by atoms with Crippen molar-refractivity contribution in [3.05, 3.63) is 53.3 Å². The fraction of sp³-hybridized carbons (Fsp3) is 0.143. The van der Waals surface area contributed by atoms with Gasteiger partial charge in [-0.2, -0.15) is 0 Å². The Hall–Kier alpha value is -2.56. The van der Waals surface area contributed by atoms with Crippen molar-refractivity contribution >= 4 is 17.3 Å². The van der Waals surface area contributed by atoms with E-state index >= 15 is 0 Å². The van der Waals surface area contributed by atoms with Gasteiger partial charge in [0.2, 0.25) is 0 Å². The summed E-state index contributed by atoms with van der Waals surface area (Å²) in [6.07, 6.45) is 0. The maximum atomic E-state index is 11.2. The summed E-state index contributed by atoms with van der Waals surface area (Å²) in [5, 5.41) is 3.18. The van der Waals surface area contributed by atoms with Crippen molar-refractivity contribution in [3.63, 3.8) is 0 Å². The zero-order valence-corrected chi connectivity index (χ0v) is 10.7. The molecule has 5 heteroatoms. The number of nitrogens with zero attached hydrogens (tertiary/aromatic N) is 1. The Morgan fingerprint density at radius 2 is 2.11 bits per heavy atom. The summed E-state index contributed by atoms with van der Waals surface area (Å²) in [5.41, 5.74) is 14.3. The zero-order chi connectivity index (χ0) is 13.8. The summed E-state index contributed by atoms with van der Waals surface area (Å²) in [6, 6.07) is 10.9. The number of aryl methyl sites for hydroxylation is 1. The van der Waals surface area contributed by atoms with Gasteiger partial charge in [0.25, 0.3) is 5.91 Å². The number of pyridine rings is 1. The van der Waals surface area contributed by atoms with Crippen molar-refractivity contribution in [2.24, 2.45) is 5.73 Å². The molecule has 0 saturated carbocycles. The van der Waals surface area contributed by atoms with Crippen LogP contribution in [-0.4, -0.2) is 10.9 Å². The van der Waals surface area contributed by atoms with Crippen LogP contribution in [0.15, 0.2) is 36.4 Å². The number of carbonyl (C=O) groups excluding carboxylic acids is 1. The fourth-order valence-corrected chi connectivity index (χ4v) is 1.77. The molecule has 0 bridgehead atoms. The first kappa shape index (κ1) is 12.9. The highest BCUT2D eigenvalue weighted by Crippen LogP contribution is 2.17. The van der Waals surface area contributed by atoms with Gasteiger partial charge in [-0.05, 0) is 37.3 Å². The average Bonchev–Trinajstić information content (AvgIpc) is 2.37. The summed E-state index contributed by atoms with van der Waals surface area (Å²) in [5.74, 6) is -0.533. The highest BCUT2D eigenvalue weighted by Gasteiger charge is 2.06. The summed E-state index contributed by atoms with van der Waals surface area (Å²) in [4.78, 5) is 15.6. The molecule has 5 N–H and O–H groups in total. The Bertz CT molecular complexity index is 610. The normalized spacial score (nSPS) is 10.2. The summed E-state index contributed by atoms with van der Waals surface area (Å²) >= 11 is 0. The second-order valence-electron chi connectivity index (χ2n) is 4.29. The lowest BCUT2D eigenvalue weighted by atomic mass is 10.1. The number of nitrogens with one attached hydrogen (secondary N) is 1. The molecule has 1 aromatic heterocycles. The molecule has 0 atom stereocenters. The van der Waals surface area contributed by atoms with Gasteiger partial charge in [0.1, 0.15) is 0 Å². The molecule has 0 aliphatic heterocycles. The highest BCUT2D eigenvalue weighted by molar-refractivity contribution is 5.98. The molecule has 2 aromatic rings. The molecule has 19 heavy (non-hydrogen) atoms. The van der Waals surface area contributed by atoms with Crippen LogP contribution in [0.1, 0.15) is 21.7 Å². The first-order valence-electron chi connectivity index (χ1n) is 5.92. The number of hydrogen-bond donors (Lipinski definition) is 3. The van der Waals surface area contributed by atoms with E-state index in [-0.39, 0.29) is 0 Å². The average molecular weight is 256 g/mol. The van der Waals surface area contributed by atoms with Gasteiger partial charge in [-0.25, -0.2) is 0 Å². The molecular formula is C14H16N4O. The van der Waals surface area contributed by atoms with Crippen LogP contribution in [0.3, 0.4) is 0 Å². The molecule has 2 rings (SSSR count). The molecule has 1 heterocycles. The minimum absolute atomic E-state index is 0.321. The van der Waals surface area contributed by atoms with E-state index < -0.39 is 5.91 Å². The van der Waals surface area contributed by atoms with E-state index in [1.54, 1.807) is 18.2 Å². The third-order valence-corrected chi connectivity index (χ3v) is 2.74. The number of benzene rings is 1. The van der Waals surface area contributed by atoms with Crippen LogP contribution >= 0.6 is 0 Å². The third-order valence-electron chi connectivity index (χ3n) is 2.74. The molecule has 1 amide bonds. The van der Waals surface area contributed by atoms with Gasteiger partial charge in [-0.15, -0.1) is 0 Å². The third kappa shape index (κ3) is 3.22. The lowest BCUT2D eigenvalue weighted by Crippen LogP contribution is -2.14. The van der Waals surface area contributed by atoms with Gasteiger partial charge in [0.05, 0.1) is 17.8 Å². The maximum absolute atomic E-state index is 11.2. The number of primary amides is 1. The molecular weight excluding hydrogens is 240 g/mol. The van der Waals surface area contributed by atoms with E-state index in [2.05, 4.69) is 10.3 Å². The molecule has 5 nitrogen and oxygen atoms in total. The smallest absolute Gasteiger partial charge is 0.250 e. The van der Waals surface area contributed by atoms with E-state index in [9.17, 15) is 4.79 Å². The molecule has 1 aromatic carbocycles. The van der Waals surface area contributed by atoms with Gasteiger partial charge >= 0.3 is 0 Å². The SMILES string of the molecule is Cc1cccc(CNc2ccc(N)c(C(N)=O)c2)n1. The van der Waals surface area contributed by atoms with Crippen molar-refractivity contribution in [2.75, 3.05) is 11.1 Å². The second kappa shape index (κ2) is 5.39. The van der Waals surface area contributed by atoms with Crippen molar-refractivity contribution < 1.29 is 4.79 Å². The first-order valence-corrected chi connectivity index (χ1v) is 5.92. The largest absolute Gasteiger partial charge is 0.398 e. The van der Waals surface area contributed by atoms with E-state index in [1.165, 1.54) is 0 Å².